The third-order valence-corrected chi connectivity index (χ3v) is 2.66. The minimum absolute atomic E-state index is 0.156. The highest BCUT2D eigenvalue weighted by molar-refractivity contribution is 6.35. The zero-order valence-corrected chi connectivity index (χ0v) is 10.1. The summed E-state index contributed by atoms with van der Waals surface area (Å²) in [5, 5.41) is 7.15. The van der Waals surface area contributed by atoms with Gasteiger partial charge in [0.25, 0.3) is 0 Å². The van der Waals surface area contributed by atoms with Gasteiger partial charge < -0.3 is 9.84 Å². The predicted octanol–water partition coefficient (Wildman–Crippen LogP) is 3.16. The molecule has 4 nitrogen and oxygen atoms in total. The van der Waals surface area contributed by atoms with Crippen molar-refractivity contribution in [3.63, 3.8) is 0 Å². The van der Waals surface area contributed by atoms with Crippen molar-refractivity contribution >= 4 is 34.9 Å². The number of rotatable bonds is 3. The van der Waals surface area contributed by atoms with Gasteiger partial charge >= 0.3 is 0 Å². The fourth-order valence-corrected chi connectivity index (χ4v) is 1.78. The summed E-state index contributed by atoms with van der Waals surface area (Å²) in [7, 11) is 0. The van der Waals surface area contributed by atoms with Gasteiger partial charge in [0.2, 0.25) is 5.91 Å². The van der Waals surface area contributed by atoms with Gasteiger partial charge in [-0.2, -0.15) is 0 Å². The first-order valence-corrected chi connectivity index (χ1v) is 5.55. The van der Waals surface area contributed by atoms with Gasteiger partial charge in [-0.25, -0.2) is 0 Å². The van der Waals surface area contributed by atoms with Crippen molar-refractivity contribution in [1.82, 2.24) is 5.16 Å². The SMILES string of the molecule is O=C(Cc1ccc(Cl)cc1Cl)Nc1ccon1. The molecule has 0 aliphatic heterocycles. The van der Waals surface area contributed by atoms with E-state index in [-0.39, 0.29) is 12.3 Å². The van der Waals surface area contributed by atoms with Gasteiger partial charge in [-0.05, 0) is 17.7 Å². The van der Waals surface area contributed by atoms with Crippen molar-refractivity contribution in [2.24, 2.45) is 0 Å². The molecule has 1 heterocycles. The first-order chi connectivity index (χ1) is 8.15. The Kier molecular flexibility index (Phi) is 3.66. The van der Waals surface area contributed by atoms with Crippen LogP contribution in [0.4, 0.5) is 5.82 Å². The second kappa shape index (κ2) is 5.21. The van der Waals surface area contributed by atoms with Gasteiger partial charge in [0, 0.05) is 16.1 Å². The van der Waals surface area contributed by atoms with Crippen LogP contribution in [0, 0.1) is 0 Å². The summed E-state index contributed by atoms with van der Waals surface area (Å²) in [6.45, 7) is 0. The van der Waals surface area contributed by atoms with Gasteiger partial charge in [0.1, 0.15) is 6.26 Å². The summed E-state index contributed by atoms with van der Waals surface area (Å²) in [5.74, 6) is 0.156. The largest absolute Gasteiger partial charge is 0.363 e. The first-order valence-electron chi connectivity index (χ1n) is 4.79. The molecule has 1 aromatic heterocycles. The molecule has 0 fully saturated rings. The molecule has 0 radical (unpaired) electrons. The normalized spacial score (nSPS) is 10.2. The van der Waals surface area contributed by atoms with Gasteiger partial charge in [-0.3, -0.25) is 4.79 Å². The number of nitrogens with one attached hydrogen (secondary N) is 1. The van der Waals surface area contributed by atoms with E-state index in [4.69, 9.17) is 23.2 Å². The Morgan fingerprint density at radius 2 is 2.18 bits per heavy atom. The van der Waals surface area contributed by atoms with Gasteiger partial charge in [-0.15, -0.1) is 0 Å². The number of carbonyl (C=O) groups excluding carboxylic acids is 1. The first kappa shape index (κ1) is 12.0. The van der Waals surface area contributed by atoms with Gasteiger partial charge in [0.05, 0.1) is 6.42 Å². The molecule has 1 aromatic carbocycles. The smallest absolute Gasteiger partial charge is 0.230 e. The summed E-state index contributed by atoms with van der Waals surface area (Å²) in [6.07, 6.45) is 1.54. The average Bonchev–Trinajstić information content (AvgIpc) is 2.75. The van der Waals surface area contributed by atoms with E-state index in [1.54, 1.807) is 24.3 Å². The lowest BCUT2D eigenvalue weighted by Crippen LogP contribution is -2.14. The molecular weight excluding hydrogens is 263 g/mol. The molecule has 0 saturated heterocycles. The van der Waals surface area contributed by atoms with Crippen molar-refractivity contribution in [2.45, 2.75) is 6.42 Å². The van der Waals surface area contributed by atoms with Crippen LogP contribution in [0.1, 0.15) is 5.56 Å². The van der Waals surface area contributed by atoms with Crippen LogP contribution in [0.25, 0.3) is 0 Å². The van der Waals surface area contributed by atoms with Crippen molar-refractivity contribution in [2.75, 3.05) is 5.32 Å². The summed E-state index contributed by atoms with van der Waals surface area (Å²) >= 11 is 11.7. The van der Waals surface area contributed by atoms with Gasteiger partial charge in [0.15, 0.2) is 5.82 Å². The number of hydrogen-bond acceptors (Lipinski definition) is 3. The monoisotopic (exact) mass is 270 g/mol. The second-order valence-corrected chi connectivity index (χ2v) is 4.19. The van der Waals surface area contributed by atoms with E-state index in [2.05, 4.69) is 15.0 Å². The topological polar surface area (TPSA) is 55.1 Å². The Morgan fingerprint density at radius 1 is 1.35 bits per heavy atom. The molecule has 2 aromatic rings. The quantitative estimate of drug-likeness (QED) is 0.932. The third-order valence-electron chi connectivity index (χ3n) is 2.07. The van der Waals surface area contributed by atoms with E-state index in [0.717, 1.165) is 0 Å². The Balaban J connectivity index is 2.03. The van der Waals surface area contributed by atoms with Crippen LogP contribution in [0.3, 0.4) is 0 Å². The number of amides is 1. The van der Waals surface area contributed by atoms with E-state index in [1.807, 2.05) is 0 Å². The van der Waals surface area contributed by atoms with Crippen LogP contribution in [0.2, 0.25) is 10.0 Å². The maximum absolute atomic E-state index is 11.6. The summed E-state index contributed by atoms with van der Waals surface area (Å²) in [4.78, 5) is 11.6. The van der Waals surface area contributed by atoms with Crippen molar-refractivity contribution < 1.29 is 9.32 Å². The number of anilines is 1. The highest BCUT2D eigenvalue weighted by Gasteiger charge is 2.09. The maximum Gasteiger partial charge on any atom is 0.230 e. The molecule has 0 unspecified atom stereocenters. The molecule has 17 heavy (non-hydrogen) atoms. The highest BCUT2D eigenvalue weighted by atomic mass is 35.5. The lowest BCUT2D eigenvalue weighted by atomic mass is 10.1. The van der Waals surface area contributed by atoms with Crippen molar-refractivity contribution in [1.29, 1.82) is 0 Å². The summed E-state index contributed by atoms with van der Waals surface area (Å²) < 4.78 is 4.60. The van der Waals surface area contributed by atoms with Crippen LogP contribution < -0.4 is 5.32 Å². The maximum atomic E-state index is 11.6. The molecular formula is C11H8Cl2N2O2. The molecule has 0 aliphatic carbocycles. The third kappa shape index (κ3) is 3.22. The minimum atomic E-state index is -0.219. The zero-order valence-electron chi connectivity index (χ0n) is 8.61. The lowest BCUT2D eigenvalue weighted by Gasteiger charge is -2.04. The van der Waals surface area contributed by atoms with Crippen LogP contribution in [-0.4, -0.2) is 11.1 Å². The van der Waals surface area contributed by atoms with Crippen LogP contribution in [-0.2, 0) is 11.2 Å². The van der Waals surface area contributed by atoms with Crippen molar-refractivity contribution in [3.05, 3.63) is 46.1 Å². The molecule has 1 amide bonds. The molecule has 2 rings (SSSR count). The fourth-order valence-electron chi connectivity index (χ4n) is 1.30. The van der Waals surface area contributed by atoms with E-state index < -0.39 is 0 Å². The molecule has 0 bridgehead atoms. The zero-order chi connectivity index (χ0) is 12.3. The minimum Gasteiger partial charge on any atom is -0.363 e. The molecule has 0 spiro atoms. The Labute approximate surface area is 108 Å². The molecule has 1 N–H and O–H groups in total. The standard InChI is InChI=1S/C11H8Cl2N2O2/c12-8-2-1-7(9(13)6-8)5-11(16)14-10-3-4-17-15-10/h1-4,6H,5H2,(H,14,15,16). The fraction of sp³-hybridized carbons (Fsp3) is 0.0909. The Hall–Kier alpha value is -1.52. The average molecular weight is 271 g/mol. The number of halogens is 2. The van der Waals surface area contributed by atoms with E-state index >= 15 is 0 Å². The van der Waals surface area contributed by atoms with Gasteiger partial charge in [-0.1, -0.05) is 34.4 Å². The molecule has 0 atom stereocenters. The number of carbonyl (C=O) groups is 1. The van der Waals surface area contributed by atoms with Crippen LogP contribution in [0.15, 0.2) is 35.1 Å². The summed E-state index contributed by atoms with van der Waals surface area (Å²) in [6, 6.07) is 6.56. The number of benzene rings is 1. The van der Waals surface area contributed by atoms with E-state index in [0.29, 0.717) is 21.4 Å². The van der Waals surface area contributed by atoms with Crippen molar-refractivity contribution in [3.8, 4) is 0 Å². The lowest BCUT2D eigenvalue weighted by molar-refractivity contribution is -0.115. The Bertz CT molecular complexity index is 526. The second-order valence-electron chi connectivity index (χ2n) is 3.35. The predicted molar refractivity (Wildman–Crippen MR) is 65.3 cm³/mol. The number of hydrogen-bond donors (Lipinski definition) is 1. The summed E-state index contributed by atoms with van der Waals surface area (Å²) in [5.41, 5.74) is 0.706. The van der Waals surface area contributed by atoms with E-state index in [1.165, 1.54) is 6.26 Å². The number of aromatic nitrogens is 1. The highest BCUT2D eigenvalue weighted by Crippen LogP contribution is 2.21. The molecule has 88 valence electrons. The molecule has 0 aliphatic rings. The number of nitrogens with zero attached hydrogens (tertiary/aromatic N) is 1. The van der Waals surface area contributed by atoms with Crippen LogP contribution in [0.5, 0.6) is 0 Å². The molecule has 6 heteroatoms. The Morgan fingerprint density at radius 3 is 2.82 bits per heavy atom. The van der Waals surface area contributed by atoms with E-state index in [9.17, 15) is 4.79 Å². The van der Waals surface area contributed by atoms with Crippen LogP contribution >= 0.6 is 23.2 Å². The molecule has 0 saturated carbocycles.